The molecule has 2 aromatic heterocycles. The van der Waals surface area contributed by atoms with Gasteiger partial charge in [0.15, 0.2) is 11.0 Å². The summed E-state index contributed by atoms with van der Waals surface area (Å²) < 4.78 is 14.9. The molecule has 0 aliphatic carbocycles. The van der Waals surface area contributed by atoms with Crippen molar-refractivity contribution in [3.8, 4) is 5.69 Å². The zero-order chi connectivity index (χ0) is 23.2. The van der Waals surface area contributed by atoms with Crippen molar-refractivity contribution in [1.29, 1.82) is 0 Å². The van der Waals surface area contributed by atoms with Gasteiger partial charge in [0.05, 0.1) is 17.2 Å². The molecule has 0 bridgehead atoms. The summed E-state index contributed by atoms with van der Waals surface area (Å²) in [6, 6.07) is 17.0. The van der Waals surface area contributed by atoms with Gasteiger partial charge in [0.25, 0.3) is 5.91 Å². The molecule has 4 aromatic rings. The van der Waals surface area contributed by atoms with Gasteiger partial charge in [-0.15, -0.1) is 21.5 Å². The molecule has 0 fully saturated rings. The predicted octanol–water partition coefficient (Wildman–Crippen LogP) is 4.44. The summed E-state index contributed by atoms with van der Waals surface area (Å²) >= 11 is 2.59. The number of carbonyl (C=O) groups is 2. The normalized spacial score (nSPS) is 10.7. The van der Waals surface area contributed by atoms with Crippen LogP contribution < -0.4 is 10.6 Å². The Morgan fingerprint density at radius 2 is 1.91 bits per heavy atom. The van der Waals surface area contributed by atoms with E-state index in [1.807, 2.05) is 47.2 Å². The number of thioether (sulfide) groups is 1. The summed E-state index contributed by atoms with van der Waals surface area (Å²) in [6.07, 6.45) is 0. The van der Waals surface area contributed by atoms with Crippen LogP contribution in [0.25, 0.3) is 5.69 Å². The van der Waals surface area contributed by atoms with Crippen molar-refractivity contribution >= 4 is 40.6 Å². The molecule has 10 heteroatoms. The average molecular weight is 482 g/mol. The second-order valence-corrected chi connectivity index (χ2v) is 8.97. The van der Waals surface area contributed by atoms with Gasteiger partial charge < -0.3 is 10.6 Å². The molecule has 0 unspecified atom stereocenters. The summed E-state index contributed by atoms with van der Waals surface area (Å²) in [7, 11) is 0. The minimum Gasteiger partial charge on any atom is -0.344 e. The Kier molecular flexibility index (Phi) is 7.16. The van der Waals surface area contributed by atoms with Crippen LogP contribution in [-0.2, 0) is 11.3 Å². The van der Waals surface area contributed by atoms with Crippen LogP contribution in [0.1, 0.15) is 21.1 Å². The SMILES string of the molecule is Cc1cccc(-n2c(CNC(=O)c3cccs3)nnc2SCC(=O)Nc2ccc(F)cc2)c1. The van der Waals surface area contributed by atoms with E-state index in [4.69, 9.17) is 0 Å². The summed E-state index contributed by atoms with van der Waals surface area (Å²) in [4.78, 5) is 25.4. The van der Waals surface area contributed by atoms with Gasteiger partial charge in [0.2, 0.25) is 5.91 Å². The molecule has 2 N–H and O–H groups in total. The lowest BCUT2D eigenvalue weighted by molar-refractivity contribution is -0.113. The first-order chi connectivity index (χ1) is 16.0. The van der Waals surface area contributed by atoms with Gasteiger partial charge in [-0.2, -0.15) is 0 Å². The van der Waals surface area contributed by atoms with E-state index in [1.165, 1.54) is 47.4 Å². The van der Waals surface area contributed by atoms with Crippen molar-refractivity contribution in [2.24, 2.45) is 0 Å². The molecule has 2 heterocycles. The number of benzene rings is 2. The fraction of sp³-hybridized carbons (Fsp3) is 0.130. The van der Waals surface area contributed by atoms with Crippen molar-refractivity contribution < 1.29 is 14.0 Å². The first-order valence-electron chi connectivity index (χ1n) is 10.0. The van der Waals surface area contributed by atoms with Gasteiger partial charge in [0, 0.05) is 11.4 Å². The number of nitrogens with one attached hydrogen (secondary N) is 2. The van der Waals surface area contributed by atoms with Gasteiger partial charge in [-0.1, -0.05) is 30.0 Å². The van der Waals surface area contributed by atoms with E-state index in [0.29, 0.717) is 21.5 Å². The van der Waals surface area contributed by atoms with Crippen LogP contribution in [0.5, 0.6) is 0 Å². The molecule has 2 amide bonds. The zero-order valence-electron chi connectivity index (χ0n) is 17.6. The van der Waals surface area contributed by atoms with Gasteiger partial charge >= 0.3 is 0 Å². The van der Waals surface area contributed by atoms with Crippen molar-refractivity contribution in [3.63, 3.8) is 0 Å². The average Bonchev–Trinajstić information content (AvgIpc) is 3.48. The topological polar surface area (TPSA) is 88.9 Å². The summed E-state index contributed by atoms with van der Waals surface area (Å²) in [5.74, 6) is -0.169. The molecule has 0 aliphatic rings. The van der Waals surface area contributed by atoms with Crippen molar-refractivity contribution in [2.75, 3.05) is 11.1 Å². The standard InChI is InChI=1S/C23H20FN5O2S2/c1-15-4-2-5-18(12-15)29-20(13-25-22(31)19-6-3-11-32-19)27-28-23(29)33-14-21(30)26-17-9-7-16(24)8-10-17/h2-12H,13-14H2,1H3,(H,25,31)(H,26,30). The lowest BCUT2D eigenvalue weighted by Gasteiger charge is -2.11. The molecule has 0 saturated carbocycles. The van der Waals surface area contributed by atoms with E-state index in [2.05, 4.69) is 20.8 Å². The fourth-order valence-electron chi connectivity index (χ4n) is 3.05. The number of carbonyl (C=O) groups excluding carboxylic acids is 2. The molecule has 0 aliphatic heterocycles. The number of aryl methyl sites for hydroxylation is 1. The van der Waals surface area contributed by atoms with Crippen molar-refractivity contribution in [2.45, 2.75) is 18.6 Å². The second kappa shape index (κ2) is 10.4. The number of halogens is 1. The van der Waals surface area contributed by atoms with Crippen molar-refractivity contribution in [1.82, 2.24) is 20.1 Å². The zero-order valence-corrected chi connectivity index (χ0v) is 19.3. The Balaban J connectivity index is 1.50. The summed E-state index contributed by atoms with van der Waals surface area (Å²) in [5.41, 5.74) is 2.40. The molecular weight excluding hydrogens is 461 g/mol. The van der Waals surface area contributed by atoms with E-state index in [1.54, 1.807) is 6.07 Å². The maximum Gasteiger partial charge on any atom is 0.261 e. The maximum absolute atomic E-state index is 13.1. The largest absolute Gasteiger partial charge is 0.344 e. The number of rotatable bonds is 8. The van der Waals surface area contributed by atoms with Gasteiger partial charge in [0.1, 0.15) is 5.82 Å². The van der Waals surface area contributed by atoms with Crippen molar-refractivity contribution in [3.05, 3.63) is 88.1 Å². The first kappa shape index (κ1) is 22.7. The first-order valence-corrected chi connectivity index (χ1v) is 11.9. The molecule has 2 aromatic carbocycles. The van der Waals surface area contributed by atoms with Crippen LogP contribution in [0, 0.1) is 12.7 Å². The van der Waals surface area contributed by atoms with E-state index >= 15 is 0 Å². The number of hydrogen-bond donors (Lipinski definition) is 2. The highest BCUT2D eigenvalue weighted by atomic mass is 32.2. The molecule has 0 atom stereocenters. The minimum atomic E-state index is -0.368. The number of anilines is 1. The molecule has 0 saturated heterocycles. The minimum absolute atomic E-state index is 0.0862. The Morgan fingerprint density at radius 3 is 2.64 bits per heavy atom. The van der Waals surface area contributed by atoms with Gasteiger partial charge in [-0.25, -0.2) is 4.39 Å². The highest BCUT2D eigenvalue weighted by molar-refractivity contribution is 7.99. The van der Waals surface area contributed by atoms with Crippen LogP contribution in [0.15, 0.2) is 71.2 Å². The maximum atomic E-state index is 13.1. The number of amides is 2. The smallest absolute Gasteiger partial charge is 0.261 e. The van der Waals surface area contributed by atoms with Gasteiger partial charge in [-0.05, 0) is 60.3 Å². The van der Waals surface area contributed by atoms with Crippen LogP contribution in [0.4, 0.5) is 10.1 Å². The van der Waals surface area contributed by atoms with Crippen LogP contribution in [0.2, 0.25) is 0 Å². The third-order valence-corrected chi connectivity index (χ3v) is 6.37. The lowest BCUT2D eigenvalue weighted by Crippen LogP contribution is -2.24. The van der Waals surface area contributed by atoms with Gasteiger partial charge in [-0.3, -0.25) is 14.2 Å². The Bertz CT molecular complexity index is 1260. The van der Waals surface area contributed by atoms with E-state index in [9.17, 15) is 14.0 Å². The lowest BCUT2D eigenvalue weighted by atomic mass is 10.2. The van der Waals surface area contributed by atoms with Crippen LogP contribution in [0.3, 0.4) is 0 Å². The Morgan fingerprint density at radius 1 is 1.09 bits per heavy atom. The number of thiophene rings is 1. The molecule has 33 heavy (non-hydrogen) atoms. The Labute approximate surface area is 198 Å². The number of hydrogen-bond acceptors (Lipinski definition) is 6. The van der Waals surface area contributed by atoms with Crippen LogP contribution in [-0.4, -0.2) is 32.3 Å². The van der Waals surface area contributed by atoms with E-state index < -0.39 is 0 Å². The second-order valence-electron chi connectivity index (χ2n) is 7.08. The summed E-state index contributed by atoms with van der Waals surface area (Å²) in [5, 5.41) is 16.5. The third-order valence-electron chi connectivity index (χ3n) is 4.57. The fourth-order valence-corrected chi connectivity index (χ4v) is 4.46. The number of nitrogens with zero attached hydrogens (tertiary/aromatic N) is 3. The quantitative estimate of drug-likeness (QED) is 0.363. The monoisotopic (exact) mass is 481 g/mol. The molecule has 168 valence electrons. The Hall–Kier alpha value is -3.50. The highest BCUT2D eigenvalue weighted by Crippen LogP contribution is 2.23. The number of aromatic nitrogens is 3. The molecule has 4 rings (SSSR count). The molecule has 0 radical (unpaired) electrons. The molecule has 0 spiro atoms. The molecular formula is C23H20FN5O2S2. The third kappa shape index (κ3) is 5.85. The summed E-state index contributed by atoms with van der Waals surface area (Å²) in [6.45, 7) is 2.16. The highest BCUT2D eigenvalue weighted by Gasteiger charge is 2.17. The van der Waals surface area contributed by atoms with E-state index in [-0.39, 0.29) is 29.9 Å². The van der Waals surface area contributed by atoms with E-state index in [0.717, 1.165) is 11.3 Å². The van der Waals surface area contributed by atoms with Crippen LogP contribution >= 0.6 is 23.1 Å². The molecule has 7 nitrogen and oxygen atoms in total. The predicted molar refractivity (Wildman–Crippen MR) is 127 cm³/mol.